The topological polar surface area (TPSA) is 80.6 Å². The van der Waals surface area contributed by atoms with E-state index < -0.39 is 5.91 Å². The molecule has 0 aliphatic rings. The molecular weight excluding hydrogens is 508 g/mol. The summed E-state index contributed by atoms with van der Waals surface area (Å²) >= 11 is 3.43. The normalized spacial score (nSPS) is 10.7. The van der Waals surface area contributed by atoms with Crippen LogP contribution in [0.5, 0.6) is 17.2 Å². The summed E-state index contributed by atoms with van der Waals surface area (Å²) in [5.41, 5.74) is 2.98. The molecule has 0 atom stereocenters. The van der Waals surface area contributed by atoms with Crippen LogP contribution in [0.15, 0.2) is 83.4 Å². The lowest BCUT2D eigenvalue weighted by Crippen LogP contribution is -2.13. The molecule has 0 unspecified atom stereocenters. The molecule has 35 heavy (non-hydrogen) atoms. The van der Waals surface area contributed by atoms with E-state index in [0.717, 1.165) is 15.6 Å². The van der Waals surface area contributed by atoms with Crippen molar-refractivity contribution in [1.82, 2.24) is 0 Å². The minimum Gasteiger partial charge on any atom is -0.497 e. The van der Waals surface area contributed by atoms with Crippen molar-refractivity contribution < 1.29 is 19.0 Å². The summed E-state index contributed by atoms with van der Waals surface area (Å²) in [5.74, 6) is 1.25. The number of nitriles is 1. The zero-order valence-corrected chi connectivity index (χ0v) is 21.1. The Morgan fingerprint density at radius 3 is 2.40 bits per heavy atom. The Bertz CT molecular complexity index is 1260. The highest BCUT2D eigenvalue weighted by Crippen LogP contribution is 2.35. The minimum absolute atomic E-state index is 0.0454. The Labute approximate surface area is 213 Å². The van der Waals surface area contributed by atoms with Crippen LogP contribution in [0.4, 0.5) is 5.69 Å². The largest absolute Gasteiger partial charge is 0.497 e. The minimum atomic E-state index is -0.516. The highest BCUT2D eigenvalue weighted by atomic mass is 79.9. The number of methoxy groups -OCH3 is 2. The second-order valence-corrected chi connectivity index (χ2v) is 8.39. The van der Waals surface area contributed by atoms with Crippen LogP contribution in [0.3, 0.4) is 0 Å². The Morgan fingerprint density at radius 2 is 1.80 bits per heavy atom. The Balaban J connectivity index is 1.87. The average Bonchev–Trinajstić information content (AvgIpc) is 2.87. The fourth-order valence-electron chi connectivity index (χ4n) is 3.31. The summed E-state index contributed by atoms with van der Waals surface area (Å²) < 4.78 is 17.8. The number of carbonyl (C=O) groups is 1. The monoisotopic (exact) mass is 532 g/mol. The Morgan fingerprint density at radius 1 is 1.09 bits per heavy atom. The summed E-state index contributed by atoms with van der Waals surface area (Å²) in [6.07, 6.45) is 3.80. The van der Waals surface area contributed by atoms with Gasteiger partial charge in [0, 0.05) is 15.7 Å². The van der Waals surface area contributed by atoms with Gasteiger partial charge in [0.25, 0.3) is 5.91 Å². The first-order valence-electron chi connectivity index (χ1n) is 10.7. The first-order chi connectivity index (χ1) is 17.0. The summed E-state index contributed by atoms with van der Waals surface area (Å²) in [6, 6.07) is 20.3. The summed E-state index contributed by atoms with van der Waals surface area (Å²) in [5, 5.41) is 12.4. The quantitative estimate of drug-likeness (QED) is 0.188. The zero-order valence-electron chi connectivity index (χ0n) is 19.5. The van der Waals surface area contributed by atoms with Crippen LogP contribution in [0, 0.1) is 11.3 Å². The van der Waals surface area contributed by atoms with Crippen molar-refractivity contribution in [3.05, 3.63) is 100 Å². The van der Waals surface area contributed by atoms with E-state index in [9.17, 15) is 10.1 Å². The number of amides is 1. The number of hydrogen-bond acceptors (Lipinski definition) is 5. The molecule has 0 spiro atoms. The summed E-state index contributed by atoms with van der Waals surface area (Å²) in [4.78, 5) is 12.7. The van der Waals surface area contributed by atoms with Crippen molar-refractivity contribution in [2.45, 2.75) is 13.0 Å². The third-order valence-corrected chi connectivity index (χ3v) is 5.59. The lowest BCUT2D eigenvalue weighted by Gasteiger charge is -2.16. The van der Waals surface area contributed by atoms with Gasteiger partial charge in [0.05, 0.1) is 14.2 Å². The highest BCUT2D eigenvalue weighted by molar-refractivity contribution is 9.10. The standard InChI is InChI=1S/C28H25BrN2O4/c1-4-5-21-14-20(15-22(17-30)28(32)31-24-10-12-25(33-2)13-11-24)16-26(34-3)27(21)35-18-19-6-8-23(29)9-7-19/h4,6-16H,1,5,18H2,2-3H3,(H,31,32)/b22-15-. The Hall–Kier alpha value is -4.02. The molecule has 178 valence electrons. The molecule has 1 amide bonds. The van der Waals surface area contributed by atoms with Crippen LogP contribution >= 0.6 is 15.9 Å². The van der Waals surface area contributed by atoms with Gasteiger partial charge in [0.15, 0.2) is 11.5 Å². The zero-order chi connectivity index (χ0) is 25.2. The van der Waals surface area contributed by atoms with Gasteiger partial charge in [-0.25, -0.2) is 0 Å². The van der Waals surface area contributed by atoms with Gasteiger partial charge in [-0.1, -0.05) is 34.1 Å². The smallest absolute Gasteiger partial charge is 0.266 e. The molecule has 0 saturated heterocycles. The number of hydrogen-bond donors (Lipinski definition) is 1. The molecule has 0 heterocycles. The fraction of sp³-hybridized carbons (Fsp3) is 0.143. The third kappa shape index (κ3) is 6.98. The van der Waals surface area contributed by atoms with Crippen molar-refractivity contribution in [3.8, 4) is 23.3 Å². The molecule has 0 radical (unpaired) electrons. The van der Waals surface area contributed by atoms with Gasteiger partial charge in [-0.3, -0.25) is 4.79 Å². The second kappa shape index (κ2) is 12.4. The van der Waals surface area contributed by atoms with Gasteiger partial charge in [-0.05, 0) is 72.2 Å². The van der Waals surface area contributed by atoms with Gasteiger partial charge in [-0.15, -0.1) is 6.58 Å². The van der Waals surface area contributed by atoms with Gasteiger partial charge < -0.3 is 19.5 Å². The van der Waals surface area contributed by atoms with Gasteiger partial charge in [-0.2, -0.15) is 5.26 Å². The van der Waals surface area contributed by atoms with Crippen LogP contribution in [-0.2, 0) is 17.8 Å². The van der Waals surface area contributed by atoms with Crippen LogP contribution in [-0.4, -0.2) is 20.1 Å². The number of allylic oxidation sites excluding steroid dienone is 1. The fourth-order valence-corrected chi connectivity index (χ4v) is 3.58. The number of halogens is 1. The molecule has 7 heteroatoms. The van der Waals surface area contributed by atoms with Crippen molar-refractivity contribution in [3.63, 3.8) is 0 Å². The van der Waals surface area contributed by atoms with E-state index >= 15 is 0 Å². The molecule has 0 bridgehead atoms. The van der Waals surface area contributed by atoms with E-state index in [1.807, 2.05) is 36.4 Å². The van der Waals surface area contributed by atoms with E-state index in [1.165, 1.54) is 6.08 Å². The summed E-state index contributed by atoms with van der Waals surface area (Å²) in [6.45, 7) is 4.19. The molecule has 3 rings (SSSR count). The first kappa shape index (κ1) is 25.6. The molecule has 3 aromatic carbocycles. The molecular formula is C28H25BrN2O4. The number of ether oxygens (including phenoxy) is 3. The van der Waals surface area contributed by atoms with E-state index in [1.54, 1.807) is 50.6 Å². The Kier molecular flexibility index (Phi) is 9.10. The van der Waals surface area contributed by atoms with Crippen LogP contribution in [0.2, 0.25) is 0 Å². The molecule has 6 nitrogen and oxygen atoms in total. The SMILES string of the molecule is C=CCc1cc(/C=C(/C#N)C(=O)Nc2ccc(OC)cc2)cc(OC)c1OCc1ccc(Br)cc1. The van der Waals surface area contributed by atoms with Crippen molar-refractivity contribution >= 4 is 33.6 Å². The number of benzene rings is 3. The molecule has 0 fully saturated rings. The van der Waals surface area contributed by atoms with E-state index in [4.69, 9.17) is 14.2 Å². The van der Waals surface area contributed by atoms with Crippen molar-refractivity contribution in [2.24, 2.45) is 0 Å². The maximum absolute atomic E-state index is 12.7. The van der Waals surface area contributed by atoms with E-state index in [0.29, 0.717) is 41.5 Å². The first-order valence-corrected chi connectivity index (χ1v) is 11.5. The number of nitrogens with one attached hydrogen (secondary N) is 1. The van der Waals surface area contributed by atoms with Gasteiger partial charge in [0.2, 0.25) is 0 Å². The number of carbonyl (C=O) groups excluding carboxylic acids is 1. The van der Waals surface area contributed by atoms with Crippen LogP contribution in [0.1, 0.15) is 16.7 Å². The predicted molar refractivity (Wildman–Crippen MR) is 141 cm³/mol. The third-order valence-electron chi connectivity index (χ3n) is 5.06. The molecule has 0 aromatic heterocycles. The number of anilines is 1. The molecule has 0 aliphatic carbocycles. The van der Waals surface area contributed by atoms with Crippen molar-refractivity contribution in [2.75, 3.05) is 19.5 Å². The van der Waals surface area contributed by atoms with Crippen molar-refractivity contribution in [1.29, 1.82) is 5.26 Å². The molecule has 3 aromatic rings. The maximum Gasteiger partial charge on any atom is 0.266 e. The van der Waals surface area contributed by atoms with Crippen LogP contribution < -0.4 is 19.5 Å². The molecule has 1 N–H and O–H groups in total. The van der Waals surface area contributed by atoms with Crippen LogP contribution in [0.25, 0.3) is 6.08 Å². The van der Waals surface area contributed by atoms with E-state index in [-0.39, 0.29) is 5.57 Å². The number of nitrogens with zero attached hydrogens (tertiary/aromatic N) is 1. The maximum atomic E-state index is 12.7. The summed E-state index contributed by atoms with van der Waals surface area (Å²) in [7, 11) is 3.12. The number of rotatable bonds is 10. The van der Waals surface area contributed by atoms with Gasteiger partial charge in [0.1, 0.15) is 24.0 Å². The highest BCUT2D eigenvalue weighted by Gasteiger charge is 2.15. The molecule has 0 saturated carbocycles. The molecule has 0 aliphatic heterocycles. The predicted octanol–water partition coefficient (Wildman–Crippen LogP) is 6.32. The van der Waals surface area contributed by atoms with Gasteiger partial charge >= 0.3 is 0 Å². The second-order valence-electron chi connectivity index (χ2n) is 7.47. The average molecular weight is 533 g/mol. The van der Waals surface area contributed by atoms with E-state index in [2.05, 4.69) is 27.8 Å². The lowest BCUT2D eigenvalue weighted by atomic mass is 10.0. The lowest BCUT2D eigenvalue weighted by molar-refractivity contribution is -0.112.